The molecule has 0 bridgehead atoms. The van der Waals surface area contributed by atoms with E-state index in [-0.39, 0.29) is 24.4 Å². The van der Waals surface area contributed by atoms with E-state index in [2.05, 4.69) is 10.1 Å². The molecule has 7 nitrogen and oxygen atoms in total. The first-order chi connectivity index (χ1) is 13.3. The molecule has 0 unspecified atom stereocenters. The van der Waals surface area contributed by atoms with Crippen molar-refractivity contribution in [2.24, 2.45) is 0 Å². The minimum absolute atomic E-state index is 0.0430. The van der Waals surface area contributed by atoms with E-state index in [1.165, 1.54) is 19.2 Å². The van der Waals surface area contributed by atoms with E-state index in [4.69, 9.17) is 9.47 Å². The zero-order valence-corrected chi connectivity index (χ0v) is 16.8. The van der Waals surface area contributed by atoms with E-state index in [9.17, 15) is 22.8 Å². The second-order valence-corrected chi connectivity index (χ2v) is 7.26. The van der Waals surface area contributed by atoms with Gasteiger partial charge in [-0.3, -0.25) is 9.78 Å². The molecular weight excluding hydrogens is 391 g/mol. The maximum Gasteiger partial charge on any atom is 0.434 e. The van der Waals surface area contributed by atoms with Crippen molar-refractivity contribution >= 4 is 11.9 Å². The number of aryl methyl sites for hydroxylation is 1. The van der Waals surface area contributed by atoms with E-state index >= 15 is 0 Å². The normalized spacial score (nSPS) is 12.0. The van der Waals surface area contributed by atoms with Crippen molar-refractivity contribution in [1.29, 1.82) is 0 Å². The standard InChI is InChI=1S/C19H22F3N3O4/c1-6-28-17(27)13-10-24-25(16(13)19(20,21)22)14-7-12(23-9-11(14)2)8-15(26)29-18(3,4)5/h7,9-10H,6,8H2,1-5H3. The third kappa shape index (κ3) is 5.55. The fraction of sp³-hybridized carbons (Fsp3) is 0.474. The number of pyridine rings is 1. The highest BCUT2D eigenvalue weighted by Crippen LogP contribution is 2.34. The fourth-order valence-electron chi connectivity index (χ4n) is 2.57. The summed E-state index contributed by atoms with van der Waals surface area (Å²) in [6.45, 7) is 8.08. The van der Waals surface area contributed by atoms with E-state index < -0.39 is 35.0 Å². The number of rotatable bonds is 5. The highest BCUT2D eigenvalue weighted by atomic mass is 19.4. The van der Waals surface area contributed by atoms with E-state index in [0.29, 0.717) is 10.2 Å². The van der Waals surface area contributed by atoms with Gasteiger partial charge in [0.2, 0.25) is 0 Å². The van der Waals surface area contributed by atoms with Gasteiger partial charge in [-0.05, 0) is 46.2 Å². The van der Waals surface area contributed by atoms with Crippen LogP contribution in [-0.4, -0.2) is 38.9 Å². The quantitative estimate of drug-likeness (QED) is 0.696. The van der Waals surface area contributed by atoms with Crippen LogP contribution in [0.15, 0.2) is 18.5 Å². The molecule has 0 spiro atoms. The summed E-state index contributed by atoms with van der Waals surface area (Å²) in [6, 6.07) is 1.32. The molecule has 0 atom stereocenters. The number of ether oxygens (including phenoxy) is 2. The molecule has 2 heterocycles. The number of nitrogens with zero attached hydrogens (tertiary/aromatic N) is 3. The summed E-state index contributed by atoms with van der Waals surface area (Å²) in [5.41, 5.74) is -2.02. The maximum atomic E-state index is 13.7. The summed E-state index contributed by atoms with van der Waals surface area (Å²) in [7, 11) is 0. The molecule has 2 rings (SSSR count). The lowest BCUT2D eigenvalue weighted by molar-refractivity contribution is -0.154. The smallest absolute Gasteiger partial charge is 0.434 e. The van der Waals surface area contributed by atoms with Gasteiger partial charge >= 0.3 is 18.1 Å². The Bertz CT molecular complexity index is 914. The number of carbonyl (C=O) groups excluding carboxylic acids is 2. The van der Waals surface area contributed by atoms with Gasteiger partial charge in [0.15, 0.2) is 5.69 Å². The van der Waals surface area contributed by atoms with Crippen molar-refractivity contribution < 1.29 is 32.2 Å². The topological polar surface area (TPSA) is 83.3 Å². The Kier molecular flexibility index (Phi) is 6.34. The Morgan fingerprint density at radius 2 is 1.83 bits per heavy atom. The molecule has 2 aromatic rings. The van der Waals surface area contributed by atoms with Gasteiger partial charge in [0.25, 0.3) is 0 Å². The minimum Gasteiger partial charge on any atom is -0.462 e. The summed E-state index contributed by atoms with van der Waals surface area (Å²) in [5, 5.41) is 3.75. The van der Waals surface area contributed by atoms with Crippen molar-refractivity contribution in [3.8, 4) is 5.69 Å². The predicted octanol–water partition coefficient (Wildman–Crippen LogP) is 3.66. The van der Waals surface area contributed by atoms with Crippen LogP contribution in [0.1, 0.15) is 55.0 Å². The van der Waals surface area contributed by atoms with Gasteiger partial charge in [-0.2, -0.15) is 18.3 Å². The summed E-state index contributed by atoms with van der Waals surface area (Å²) < 4.78 is 51.6. The number of carbonyl (C=O) groups is 2. The molecule has 158 valence electrons. The second kappa shape index (κ2) is 8.22. The van der Waals surface area contributed by atoms with Crippen LogP contribution < -0.4 is 0 Å². The minimum atomic E-state index is -4.86. The second-order valence-electron chi connectivity index (χ2n) is 7.26. The number of alkyl halides is 3. The van der Waals surface area contributed by atoms with Crippen LogP contribution in [0.5, 0.6) is 0 Å². The highest BCUT2D eigenvalue weighted by molar-refractivity contribution is 5.90. The van der Waals surface area contributed by atoms with E-state index in [1.807, 2.05) is 0 Å². The molecule has 10 heteroatoms. The summed E-state index contributed by atoms with van der Waals surface area (Å²) in [6.07, 6.45) is -2.94. The summed E-state index contributed by atoms with van der Waals surface area (Å²) in [5.74, 6) is -1.68. The Labute approximate surface area is 165 Å². The lowest BCUT2D eigenvalue weighted by atomic mass is 10.1. The number of hydrogen-bond acceptors (Lipinski definition) is 6. The molecule has 0 N–H and O–H groups in total. The number of esters is 2. The predicted molar refractivity (Wildman–Crippen MR) is 96.6 cm³/mol. The van der Waals surface area contributed by atoms with E-state index in [1.54, 1.807) is 27.7 Å². The first-order valence-corrected chi connectivity index (χ1v) is 8.83. The molecule has 29 heavy (non-hydrogen) atoms. The largest absolute Gasteiger partial charge is 0.462 e. The van der Waals surface area contributed by atoms with Crippen LogP contribution in [0.4, 0.5) is 13.2 Å². The van der Waals surface area contributed by atoms with Gasteiger partial charge < -0.3 is 9.47 Å². The molecule has 2 aromatic heterocycles. The molecule has 0 aromatic carbocycles. The van der Waals surface area contributed by atoms with E-state index in [0.717, 1.165) is 6.20 Å². The average Bonchev–Trinajstić information content (AvgIpc) is 3.00. The van der Waals surface area contributed by atoms with Gasteiger partial charge in [-0.1, -0.05) is 0 Å². The van der Waals surface area contributed by atoms with Crippen molar-refractivity contribution in [1.82, 2.24) is 14.8 Å². The SMILES string of the molecule is CCOC(=O)c1cnn(-c2cc(CC(=O)OC(C)(C)C)ncc2C)c1C(F)(F)F. The Hall–Kier alpha value is -2.91. The first-order valence-electron chi connectivity index (χ1n) is 8.83. The first kappa shape index (κ1) is 22.4. The van der Waals surface area contributed by atoms with Gasteiger partial charge in [-0.25, -0.2) is 9.48 Å². The van der Waals surface area contributed by atoms with Crippen LogP contribution in [-0.2, 0) is 26.9 Å². The van der Waals surface area contributed by atoms with Gasteiger partial charge in [0.1, 0.15) is 11.2 Å². The molecule has 0 saturated heterocycles. The highest BCUT2D eigenvalue weighted by Gasteiger charge is 2.41. The summed E-state index contributed by atoms with van der Waals surface area (Å²) in [4.78, 5) is 28.0. The van der Waals surface area contributed by atoms with Gasteiger partial charge in [0, 0.05) is 6.20 Å². The van der Waals surface area contributed by atoms with Crippen LogP contribution in [0.3, 0.4) is 0 Å². The molecule has 0 aliphatic carbocycles. The molecule has 0 fully saturated rings. The number of halogens is 3. The van der Waals surface area contributed by atoms with Crippen LogP contribution in [0.25, 0.3) is 5.69 Å². The van der Waals surface area contributed by atoms with Crippen molar-refractivity contribution in [2.75, 3.05) is 6.61 Å². The third-order valence-corrected chi connectivity index (χ3v) is 3.64. The van der Waals surface area contributed by atoms with Crippen molar-refractivity contribution in [2.45, 2.75) is 52.8 Å². The zero-order valence-electron chi connectivity index (χ0n) is 16.8. The van der Waals surface area contributed by atoms with Gasteiger partial charge in [-0.15, -0.1) is 0 Å². The average molecular weight is 413 g/mol. The maximum absolute atomic E-state index is 13.7. The Morgan fingerprint density at radius 3 is 2.38 bits per heavy atom. The summed E-state index contributed by atoms with van der Waals surface area (Å²) >= 11 is 0. The lowest BCUT2D eigenvalue weighted by Crippen LogP contribution is -2.25. The molecule has 0 amide bonds. The van der Waals surface area contributed by atoms with Gasteiger partial charge in [0.05, 0.1) is 30.6 Å². The van der Waals surface area contributed by atoms with Crippen LogP contribution >= 0.6 is 0 Å². The fourth-order valence-corrected chi connectivity index (χ4v) is 2.57. The molecular formula is C19H22F3N3O4. The van der Waals surface area contributed by atoms with Crippen molar-refractivity contribution in [3.05, 3.63) is 41.0 Å². The van der Waals surface area contributed by atoms with Crippen LogP contribution in [0, 0.1) is 6.92 Å². The Morgan fingerprint density at radius 1 is 1.17 bits per heavy atom. The molecule has 0 aliphatic heterocycles. The zero-order chi connectivity index (χ0) is 22.0. The van der Waals surface area contributed by atoms with Crippen LogP contribution in [0.2, 0.25) is 0 Å². The number of hydrogen-bond donors (Lipinski definition) is 0. The molecule has 0 saturated carbocycles. The molecule has 0 aliphatic rings. The Balaban J connectivity index is 2.49. The lowest BCUT2D eigenvalue weighted by Gasteiger charge is -2.19. The monoisotopic (exact) mass is 413 g/mol. The van der Waals surface area contributed by atoms with Crippen molar-refractivity contribution in [3.63, 3.8) is 0 Å². The third-order valence-electron chi connectivity index (χ3n) is 3.64. The molecule has 0 radical (unpaired) electrons. The number of aromatic nitrogens is 3.